The van der Waals surface area contributed by atoms with E-state index in [1.807, 2.05) is 0 Å². The largest absolute Gasteiger partial charge is 0.319 e. The molecule has 0 saturated heterocycles. The molecule has 2 N–H and O–H groups in total. The van der Waals surface area contributed by atoms with Gasteiger partial charge in [0.1, 0.15) is 11.6 Å². The van der Waals surface area contributed by atoms with Crippen LogP contribution in [0.2, 0.25) is 5.02 Å². The molecule has 0 radical (unpaired) electrons. The van der Waals surface area contributed by atoms with E-state index in [1.165, 1.54) is 12.1 Å². The number of hydrogen-bond donors (Lipinski definition) is 2. The van der Waals surface area contributed by atoms with Gasteiger partial charge in [-0.2, -0.15) is 0 Å². The zero-order valence-corrected chi connectivity index (χ0v) is 10.5. The number of halogens is 2. The first-order chi connectivity index (χ1) is 9.13. The highest BCUT2D eigenvalue weighted by atomic mass is 35.5. The number of aromatic nitrogens is 3. The summed E-state index contributed by atoms with van der Waals surface area (Å²) in [6.45, 7) is 0. The first kappa shape index (κ1) is 12.1. The predicted molar refractivity (Wildman–Crippen MR) is 67.7 cm³/mol. The molecule has 0 atom stereocenters. The molecule has 1 fully saturated rings. The van der Waals surface area contributed by atoms with E-state index in [2.05, 4.69) is 20.5 Å². The van der Waals surface area contributed by atoms with Crippen molar-refractivity contribution in [1.82, 2.24) is 15.2 Å². The number of rotatable bonds is 3. The van der Waals surface area contributed by atoms with Crippen molar-refractivity contribution in [3.63, 3.8) is 0 Å². The molecule has 1 aliphatic rings. The molecule has 0 spiro atoms. The average molecular weight is 281 g/mol. The number of aromatic amines is 1. The van der Waals surface area contributed by atoms with Gasteiger partial charge in [0.2, 0.25) is 5.82 Å². The Bertz CT molecular complexity index is 638. The normalized spacial score (nSPS) is 14.4. The second-order valence-corrected chi connectivity index (χ2v) is 4.81. The molecule has 2 aromatic rings. The van der Waals surface area contributed by atoms with Crippen LogP contribution in [0, 0.1) is 5.82 Å². The van der Waals surface area contributed by atoms with Crippen molar-refractivity contribution in [2.24, 2.45) is 0 Å². The standard InChI is InChI=1S/C12H10ClFN4O/c13-8-4-3-7(5-9(8)14)15-12(19)11-16-10(17-18-11)6-1-2-6/h3-6H,1-2H2,(H,15,19)(H,16,17,18). The smallest absolute Gasteiger partial charge is 0.295 e. The maximum atomic E-state index is 13.2. The third-order valence-electron chi connectivity index (χ3n) is 2.85. The summed E-state index contributed by atoms with van der Waals surface area (Å²) in [6, 6.07) is 4.03. The number of anilines is 1. The zero-order valence-electron chi connectivity index (χ0n) is 9.78. The molecule has 19 heavy (non-hydrogen) atoms. The molecule has 1 saturated carbocycles. The highest BCUT2D eigenvalue weighted by Gasteiger charge is 2.28. The molecule has 1 aromatic heterocycles. The molecule has 1 aromatic carbocycles. The lowest BCUT2D eigenvalue weighted by Crippen LogP contribution is -2.14. The second kappa shape index (κ2) is 4.62. The number of benzene rings is 1. The highest BCUT2D eigenvalue weighted by molar-refractivity contribution is 6.30. The first-order valence-electron chi connectivity index (χ1n) is 5.82. The van der Waals surface area contributed by atoms with E-state index in [4.69, 9.17) is 11.6 Å². The van der Waals surface area contributed by atoms with Crippen LogP contribution in [0.15, 0.2) is 18.2 Å². The monoisotopic (exact) mass is 280 g/mol. The van der Waals surface area contributed by atoms with Crippen molar-refractivity contribution >= 4 is 23.2 Å². The second-order valence-electron chi connectivity index (χ2n) is 4.40. The molecule has 0 unspecified atom stereocenters. The summed E-state index contributed by atoms with van der Waals surface area (Å²) < 4.78 is 13.2. The average Bonchev–Trinajstić information content (AvgIpc) is 3.11. The number of carbonyl (C=O) groups excluding carboxylic acids is 1. The van der Waals surface area contributed by atoms with Crippen LogP contribution in [0.3, 0.4) is 0 Å². The topological polar surface area (TPSA) is 70.7 Å². The Morgan fingerprint density at radius 3 is 2.95 bits per heavy atom. The Labute approximate surface area is 113 Å². The molecule has 5 nitrogen and oxygen atoms in total. The number of nitrogens with one attached hydrogen (secondary N) is 2. The van der Waals surface area contributed by atoms with Gasteiger partial charge in [-0.25, -0.2) is 9.37 Å². The van der Waals surface area contributed by atoms with Gasteiger partial charge in [-0.15, -0.1) is 5.10 Å². The lowest BCUT2D eigenvalue weighted by molar-refractivity contribution is 0.101. The van der Waals surface area contributed by atoms with E-state index < -0.39 is 11.7 Å². The SMILES string of the molecule is O=C(Nc1ccc(Cl)c(F)c1)c1n[nH]c(C2CC2)n1. The molecular weight excluding hydrogens is 271 g/mol. The molecule has 3 rings (SSSR count). The predicted octanol–water partition coefficient (Wildman–Crippen LogP) is 2.73. The summed E-state index contributed by atoms with van der Waals surface area (Å²) in [5.74, 6) is 0.102. The molecule has 1 aliphatic carbocycles. The maximum absolute atomic E-state index is 13.2. The summed E-state index contributed by atoms with van der Waals surface area (Å²) in [5, 5.41) is 9.11. The third kappa shape index (κ3) is 2.58. The Balaban J connectivity index is 1.74. The molecule has 1 amide bonds. The molecule has 98 valence electrons. The van der Waals surface area contributed by atoms with Crippen LogP contribution in [0.25, 0.3) is 0 Å². The van der Waals surface area contributed by atoms with Crippen molar-refractivity contribution in [2.45, 2.75) is 18.8 Å². The Kier molecular flexibility index (Phi) is 2.94. The Morgan fingerprint density at radius 2 is 2.26 bits per heavy atom. The fraction of sp³-hybridized carbons (Fsp3) is 0.250. The number of H-pyrrole nitrogens is 1. The quantitative estimate of drug-likeness (QED) is 0.908. The van der Waals surface area contributed by atoms with Gasteiger partial charge < -0.3 is 5.32 Å². The number of nitrogens with zero attached hydrogens (tertiary/aromatic N) is 2. The lowest BCUT2D eigenvalue weighted by atomic mass is 10.3. The minimum absolute atomic E-state index is 0.00640. The zero-order chi connectivity index (χ0) is 13.4. The summed E-state index contributed by atoms with van der Waals surface area (Å²) in [7, 11) is 0. The molecular formula is C12H10ClFN4O. The Hall–Kier alpha value is -1.95. The minimum Gasteiger partial charge on any atom is -0.319 e. The van der Waals surface area contributed by atoms with Crippen molar-refractivity contribution in [1.29, 1.82) is 0 Å². The van der Waals surface area contributed by atoms with E-state index in [1.54, 1.807) is 0 Å². The fourth-order valence-electron chi connectivity index (χ4n) is 1.68. The van der Waals surface area contributed by atoms with E-state index >= 15 is 0 Å². The number of amides is 1. The van der Waals surface area contributed by atoms with Gasteiger partial charge in [0.25, 0.3) is 5.91 Å². The van der Waals surface area contributed by atoms with Crippen LogP contribution in [0.4, 0.5) is 10.1 Å². The lowest BCUT2D eigenvalue weighted by Gasteiger charge is -2.03. The fourth-order valence-corrected chi connectivity index (χ4v) is 1.79. The van der Waals surface area contributed by atoms with Gasteiger partial charge in [-0.3, -0.25) is 9.89 Å². The Morgan fingerprint density at radius 1 is 1.47 bits per heavy atom. The van der Waals surface area contributed by atoms with Crippen molar-refractivity contribution in [3.8, 4) is 0 Å². The summed E-state index contributed by atoms with van der Waals surface area (Å²) in [4.78, 5) is 16.0. The van der Waals surface area contributed by atoms with Gasteiger partial charge in [-0.05, 0) is 31.0 Å². The summed E-state index contributed by atoms with van der Waals surface area (Å²) >= 11 is 5.56. The number of hydrogen-bond acceptors (Lipinski definition) is 3. The van der Waals surface area contributed by atoms with Crippen LogP contribution in [0.5, 0.6) is 0 Å². The molecule has 0 aliphatic heterocycles. The van der Waals surface area contributed by atoms with E-state index in [-0.39, 0.29) is 10.8 Å². The van der Waals surface area contributed by atoms with Crippen molar-refractivity contribution < 1.29 is 9.18 Å². The van der Waals surface area contributed by atoms with Crippen LogP contribution < -0.4 is 5.32 Å². The molecule has 1 heterocycles. The molecule has 0 bridgehead atoms. The van der Waals surface area contributed by atoms with E-state index in [0.29, 0.717) is 11.6 Å². The maximum Gasteiger partial charge on any atom is 0.295 e. The summed E-state index contributed by atoms with van der Waals surface area (Å²) in [6.07, 6.45) is 2.14. The van der Waals surface area contributed by atoms with Crippen LogP contribution in [-0.4, -0.2) is 21.1 Å². The van der Waals surface area contributed by atoms with Gasteiger partial charge in [0, 0.05) is 11.6 Å². The van der Waals surface area contributed by atoms with Crippen LogP contribution in [-0.2, 0) is 0 Å². The van der Waals surface area contributed by atoms with Gasteiger partial charge >= 0.3 is 0 Å². The summed E-state index contributed by atoms with van der Waals surface area (Å²) in [5.41, 5.74) is 0.310. The van der Waals surface area contributed by atoms with Crippen LogP contribution in [0.1, 0.15) is 35.2 Å². The first-order valence-corrected chi connectivity index (χ1v) is 6.20. The van der Waals surface area contributed by atoms with Crippen molar-refractivity contribution in [3.05, 3.63) is 40.7 Å². The van der Waals surface area contributed by atoms with Gasteiger partial charge in [0.15, 0.2) is 0 Å². The highest BCUT2D eigenvalue weighted by Crippen LogP contribution is 2.37. The van der Waals surface area contributed by atoms with Crippen molar-refractivity contribution in [2.75, 3.05) is 5.32 Å². The van der Waals surface area contributed by atoms with Gasteiger partial charge in [0.05, 0.1) is 5.02 Å². The van der Waals surface area contributed by atoms with Crippen LogP contribution >= 0.6 is 11.6 Å². The minimum atomic E-state index is -0.590. The third-order valence-corrected chi connectivity index (χ3v) is 3.15. The van der Waals surface area contributed by atoms with E-state index in [0.717, 1.165) is 24.7 Å². The number of carbonyl (C=O) groups is 1. The van der Waals surface area contributed by atoms with E-state index in [9.17, 15) is 9.18 Å². The molecule has 7 heteroatoms. The van der Waals surface area contributed by atoms with Gasteiger partial charge in [-0.1, -0.05) is 11.6 Å².